The predicted octanol–water partition coefficient (Wildman–Crippen LogP) is 1.99. The van der Waals surface area contributed by atoms with E-state index < -0.39 is 18.0 Å². The second-order valence-electron chi connectivity index (χ2n) is 7.39. The zero-order valence-electron chi connectivity index (χ0n) is 16.2. The number of anilines is 1. The smallest absolute Gasteiger partial charge is 0.308 e. The van der Waals surface area contributed by atoms with Crippen LogP contribution in [0.5, 0.6) is 0 Å². The first-order valence-corrected chi connectivity index (χ1v) is 9.76. The predicted molar refractivity (Wildman–Crippen MR) is 102 cm³/mol. The van der Waals surface area contributed by atoms with Gasteiger partial charge in [0.05, 0.1) is 29.9 Å². The largest absolute Gasteiger partial charge is 0.452 e. The number of benzene rings is 1. The molecule has 3 atom stereocenters. The van der Waals surface area contributed by atoms with Crippen LogP contribution in [0.1, 0.15) is 44.6 Å². The van der Waals surface area contributed by atoms with E-state index in [1.54, 1.807) is 24.3 Å². The average molecular weight is 397 g/mol. The van der Waals surface area contributed by atoms with E-state index in [1.165, 1.54) is 11.8 Å². The van der Waals surface area contributed by atoms with Gasteiger partial charge in [0.15, 0.2) is 6.10 Å². The first-order chi connectivity index (χ1) is 13.9. The highest BCUT2D eigenvalue weighted by Crippen LogP contribution is 2.37. The number of hydrogen-bond donors (Lipinski definition) is 1. The topological polar surface area (TPSA) is 117 Å². The van der Waals surface area contributed by atoms with Crippen molar-refractivity contribution in [2.24, 2.45) is 11.8 Å². The van der Waals surface area contributed by atoms with Gasteiger partial charge in [0.25, 0.3) is 5.91 Å². The van der Waals surface area contributed by atoms with Crippen molar-refractivity contribution < 1.29 is 23.9 Å². The van der Waals surface area contributed by atoms with Gasteiger partial charge in [0.1, 0.15) is 0 Å². The molecule has 8 heteroatoms. The first kappa shape index (κ1) is 20.5. The highest BCUT2D eigenvalue weighted by molar-refractivity contribution is 6.05. The van der Waals surface area contributed by atoms with E-state index in [4.69, 9.17) is 10.00 Å². The van der Waals surface area contributed by atoms with Gasteiger partial charge in [0.2, 0.25) is 11.8 Å². The monoisotopic (exact) mass is 397 g/mol. The molecule has 1 saturated heterocycles. The van der Waals surface area contributed by atoms with Gasteiger partial charge < -0.3 is 10.1 Å². The number of carbonyl (C=O) groups excluding carboxylic acids is 4. The lowest BCUT2D eigenvalue weighted by Gasteiger charge is -2.19. The Bertz CT molecular complexity index is 834. The molecule has 0 spiro atoms. The van der Waals surface area contributed by atoms with Gasteiger partial charge >= 0.3 is 5.97 Å². The number of imide groups is 1. The number of carbonyl (C=O) groups is 4. The van der Waals surface area contributed by atoms with Gasteiger partial charge in [-0.05, 0) is 44.0 Å². The lowest BCUT2D eigenvalue weighted by molar-refractivity contribution is -0.154. The van der Waals surface area contributed by atoms with E-state index in [1.807, 2.05) is 6.07 Å². The Balaban J connectivity index is 1.47. The number of fused-ring (bicyclic) bond motifs is 1. The van der Waals surface area contributed by atoms with Crippen molar-refractivity contribution in [1.82, 2.24) is 4.90 Å². The van der Waals surface area contributed by atoms with Gasteiger partial charge in [0, 0.05) is 12.2 Å². The summed E-state index contributed by atoms with van der Waals surface area (Å²) < 4.78 is 5.13. The molecule has 0 unspecified atom stereocenters. The van der Waals surface area contributed by atoms with Crippen LogP contribution in [0.2, 0.25) is 0 Å². The summed E-state index contributed by atoms with van der Waals surface area (Å²) >= 11 is 0. The van der Waals surface area contributed by atoms with Crippen molar-refractivity contribution in [1.29, 1.82) is 5.26 Å². The molecule has 2 aliphatic rings. The van der Waals surface area contributed by atoms with Crippen molar-refractivity contribution >= 4 is 29.4 Å². The molecular weight excluding hydrogens is 374 g/mol. The van der Waals surface area contributed by atoms with E-state index in [2.05, 4.69) is 5.32 Å². The number of nitrogens with zero attached hydrogens (tertiary/aromatic N) is 2. The molecular formula is C21H23N3O5. The number of likely N-dealkylation sites (tertiary alicyclic amines) is 1. The number of amides is 3. The Morgan fingerprint density at radius 3 is 2.31 bits per heavy atom. The summed E-state index contributed by atoms with van der Waals surface area (Å²) in [6.45, 7) is 1.42. The Kier molecular flexibility index (Phi) is 6.27. The minimum absolute atomic E-state index is 0.0204. The average Bonchev–Trinajstić information content (AvgIpc) is 2.97. The van der Waals surface area contributed by atoms with Gasteiger partial charge in [-0.3, -0.25) is 24.1 Å². The highest BCUT2D eigenvalue weighted by Gasteiger charge is 2.47. The zero-order valence-corrected chi connectivity index (χ0v) is 16.2. The normalized spacial score (nSPS) is 21.9. The molecule has 1 aromatic rings. The zero-order chi connectivity index (χ0) is 21.0. The van der Waals surface area contributed by atoms with Crippen molar-refractivity contribution in [2.75, 3.05) is 11.9 Å². The van der Waals surface area contributed by atoms with Gasteiger partial charge in [-0.1, -0.05) is 12.8 Å². The Morgan fingerprint density at radius 1 is 1.17 bits per heavy atom. The highest BCUT2D eigenvalue weighted by atomic mass is 16.5. The summed E-state index contributed by atoms with van der Waals surface area (Å²) in [4.78, 5) is 50.2. The SMILES string of the molecule is C[C@@H](OC(=O)CCN1C(=O)[C@H]2CCCC[C@H]2C1=O)C(=O)Nc1ccc(C#N)cc1. The van der Waals surface area contributed by atoms with Crippen LogP contribution in [0, 0.1) is 23.2 Å². The molecule has 1 aromatic carbocycles. The van der Waals surface area contributed by atoms with E-state index >= 15 is 0 Å². The minimum atomic E-state index is -1.04. The van der Waals surface area contributed by atoms with Crippen LogP contribution in [-0.2, 0) is 23.9 Å². The van der Waals surface area contributed by atoms with Gasteiger partial charge in [-0.25, -0.2) is 0 Å². The van der Waals surface area contributed by atoms with Crippen molar-refractivity contribution in [3.8, 4) is 6.07 Å². The molecule has 1 aliphatic carbocycles. The second-order valence-corrected chi connectivity index (χ2v) is 7.39. The third kappa shape index (κ3) is 4.62. The quantitative estimate of drug-likeness (QED) is 0.580. The Labute approximate surface area is 168 Å². The molecule has 1 aliphatic heterocycles. The molecule has 0 aromatic heterocycles. The van der Waals surface area contributed by atoms with Crippen LogP contribution in [0.3, 0.4) is 0 Å². The maximum absolute atomic E-state index is 12.4. The molecule has 152 valence electrons. The number of esters is 1. The number of nitrogens with one attached hydrogen (secondary N) is 1. The number of hydrogen-bond acceptors (Lipinski definition) is 6. The molecule has 1 heterocycles. The summed E-state index contributed by atoms with van der Waals surface area (Å²) in [6, 6.07) is 8.27. The fourth-order valence-corrected chi connectivity index (χ4v) is 3.84. The fourth-order valence-electron chi connectivity index (χ4n) is 3.84. The van der Waals surface area contributed by atoms with E-state index in [0.717, 1.165) is 25.7 Å². The van der Waals surface area contributed by atoms with E-state index in [9.17, 15) is 19.2 Å². The first-order valence-electron chi connectivity index (χ1n) is 9.76. The molecule has 29 heavy (non-hydrogen) atoms. The lowest BCUT2D eigenvalue weighted by Crippen LogP contribution is -2.35. The van der Waals surface area contributed by atoms with Crippen LogP contribution in [0.4, 0.5) is 5.69 Å². The molecule has 3 amide bonds. The van der Waals surface area contributed by atoms with Crippen molar-refractivity contribution in [3.63, 3.8) is 0 Å². The summed E-state index contributed by atoms with van der Waals surface area (Å²) in [6.07, 6.45) is 2.16. The molecule has 1 N–H and O–H groups in total. The number of rotatable bonds is 6. The van der Waals surface area contributed by atoms with Crippen LogP contribution in [-0.4, -0.2) is 41.2 Å². The van der Waals surface area contributed by atoms with Crippen LogP contribution >= 0.6 is 0 Å². The molecule has 0 radical (unpaired) electrons. The molecule has 0 bridgehead atoms. The standard InChI is InChI=1S/C21H23N3O5/c1-13(19(26)23-15-8-6-14(12-22)7-9-15)29-18(25)10-11-24-20(27)16-4-2-3-5-17(16)21(24)28/h6-9,13,16-17H,2-5,10-11H2,1H3,(H,23,26)/t13-,16-,17+/m1/s1. The Hall–Kier alpha value is -3.21. The minimum Gasteiger partial charge on any atom is -0.452 e. The third-order valence-electron chi connectivity index (χ3n) is 5.43. The van der Waals surface area contributed by atoms with E-state index in [-0.39, 0.29) is 36.6 Å². The summed E-state index contributed by atoms with van der Waals surface area (Å²) in [5.74, 6) is -2.04. The number of nitriles is 1. The Morgan fingerprint density at radius 2 is 1.76 bits per heavy atom. The van der Waals surface area contributed by atoms with Crippen molar-refractivity contribution in [3.05, 3.63) is 29.8 Å². The number of ether oxygens (including phenoxy) is 1. The second kappa shape index (κ2) is 8.86. The summed E-state index contributed by atoms with van der Waals surface area (Å²) in [7, 11) is 0. The maximum atomic E-state index is 12.4. The lowest BCUT2D eigenvalue weighted by atomic mass is 9.81. The summed E-state index contributed by atoms with van der Waals surface area (Å²) in [5.41, 5.74) is 0.945. The molecule has 1 saturated carbocycles. The summed E-state index contributed by atoms with van der Waals surface area (Å²) in [5, 5.41) is 11.4. The molecule has 8 nitrogen and oxygen atoms in total. The van der Waals surface area contributed by atoms with E-state index in [0.29, 0.717) is 11.3 Å². The fraction of sp³-hybridized carbons (Fsp3) is 0.476. The maximum Gasteiger partial charge on any atom is 0.308 e. The van der Waals surface area contributed by atoms with Gasteiger partial charge in [-0.2, -0.15) is 5.26 Å². The van der Waals surface area contributed by atoms with Crippen LogP contribution in [0.15, 0.2) is 24.3 Å². The third-order valence-corrected chi connectivity index (χ3v) is 5.43. The molecule has 2 fully saturated rings. The van der Waals surface area contributed by atoms with Crippen LogP contribution in [0.25, 0.3) is 0 Å². The van der Waals surface area contributed by atoms with Crippen molar-refractivity contribution in [2.45, 2.75) is 45.1 Å². The molecule has 3 rings (SSSR count). The van der Waals surface area contributed by atoms with Crippen LogP contribution < -0.4 is 5.32 Å². The van der Waals surface area contributed by atoms with Gasteiger partial charge in [-0.15, -0.1) is 0 Å².